The van der Waals surface area contributed by atoms with Crippen molar-refractivity contribution in [3.05, 3.63) is 59.9 Å². The highest BCUT2D eigenvalue weighted by atomic mass is 16.3. The first-order chi connectivity index (χ1) is 10.9. The summed E-state index contributed by atoms with van der Waals surface area (Å²) in [4.78, 5) is 15.7. The first-order valence-electron chi connectivity index (χ1n) is 7.59. The highest BCUT2D eigenvalue weighted by molar-refractivity contribution is 5.88. The van der Waals surface area contributed by atoms with Gasteiger partial charge in [-0.1, -0.05) is 45.0 Å². The number of hydrogen-bond acceptors (Lipinski definition) is 3. The second kappa shape index (κ2) is 7.24. The maximum Gasteiger partial charge on any atom is 0.319 e. The molecule has 23 heavy (non-hydrogen) atoms. The number of urea groups is 1. The monoisotopic (exact) mass is 313 g/mol. The molecule has 1 unspecified atom stereocenters. The quantitative estimate of drug-likeness (QED) is 0.811. The lowest BCUT2D eigenvalue weighted by Gasteiger charge is -2.20. The molecule has 1 aromatic carbocycles. The molecular formula is C18H23N3O2. The van der Waals surface area contributed by atoms with Crippen molar-refractivity contribution in [3.63, 3.8) is 0 Å². The summed E-state index contributed by atoms with van der Waals surface area (Å²) in [5, 5.41) is 15.5. The Hall–Kier alpha value is -2.40. The van der Waals surface area contributed by atoms with Crippen LogP contribution in [0.3, 0.4) is 0 Å². The number of carbonyl (C=O) groups excluding carboxylic acids is 1. The lowest BCUT2D eigenvalue weighted by molar-refractivity contribution is 0.175. The molecule has 0 aliphatic heterocycles. The minimum atomic E-state index is -0.747. The van der Waals surface area contributed by atoms with Crippen LogP contribution in [0.15, 0.2) is 48.8 Å². The standard InChI is InChI=1S/C18H23N3O2/c1-18(2,3)14-8-6-13(7-9-14)16(22)12-20-17(23)21-15-5-4-10-19-11-15/h4-11,16,22H,12H2,1-3H3,(H2,20,21,23). The minimum absolute atomic E-state index is 0.0747. The van der Waals surface area contributed by atoms with E-state index in [9.17, 15) is 9.90 Å². The van der Waals surface area contributed by atoms with Gasteiger partial charge in [0, 0.05) is 12.7 Å². The summed E-state index contributed by atoms with van der Waals surface area (Å²) in [7, 11) is 0. The van der Waals surface area contributed by atoms with E-state index >= 15 is 0 Å². The molecule has 5 nitrogen and oxygen atoms in total. The molecule has 0 spiro atoms. The number of carbonyl (C=O) groups is 1. The number of nitrogens with zero attached hydrogens (tertiary/aromatic N) is 1. The largest absolute Gasteiger partial charge is 0.387 e. The Morgan fingerprint density at radius 3 is 2.48 bits per heavy atom. The zero-order chi connectivity index (χ0) is 16.9. The maximum atomic E-state index is 11.8. The van der Waals surface area contributed by atoms with Crippen LogP contribution in [0.2, 0.25) is 0 Å². The van der Waals surface area contributed by atoms with Crippen molar-refractivity contribution < 1.29 is 9.90 Å². The van der Waals surface area contributed by atoms with Crippen LogP contribution in [0.5, 0.6) is 0 Å². The van der Waals surface area contributed by atoms with Crippen LogP contribution in [-0.4, -0.2) is 22.7 Å². The van der Waals surface area contributed by atoms with E-state index in [0.29, 0.717) is 5.69 Å². The van der Waals surface area contributed by atoms with Crippen LogP contribution in [0.25, 0.3) is 0 Å². The third-order valence-corrected chi connectivity index (χ3v) is 3.54. The highest BCUT2D eigenvalue weighted by Crippen LogP contribution is 2.23. The third-order valence-electron chi connectivity index (χ3n) is 3.54. The van der Waals surface area contributed by atoms with Crippen LogP contribution >= 0.6 is 0 Å². The van der Waals surface area contributed by atoms with Crippen LogP contribution in [-0.2, 0) is 5.41 Å². The second-order valence-electron chi connectivity index (χ2n) is 6.46. The molecule has 1 aromatic heterocycles. The van der Waals surface area contributed by atoms with Gasteiger partial charge in [-0.05, 0) is 28.7 Å². The van der Waals surface area contributed by atoms with Crippen molar-refractivity contribution in [1.82, 2.24) is 10.3 Å². The average Bonchev–Trinajstić information content (AvgIpc) is 2.53. The summed E-state index contributed by atoms with van der Waals surface area (Å²) in [6.07, 6.45) is 2.44. The number of aliphatic hydroxyl groups is 1. The van der Waals surface area contributed by atoms with Gasteiger partial charge < -0.3 is 15.7 Å². The van der Waals surface area contributed by atoms with E-state index in [4.69, 9.17) is 0 Å². The highest BCUT2D eigenvalue weighted by Gasteiger charge is 2.15. The molecule has 2 rings (SSSR count). The van der Waals surface area contributed by atoms with Gasteiger partial charge in [0.1, 0.15) is 0 Å². The molecule has 0 saturated heterocycles. The lowest BCUT2D eigenvalue weighted by Crippen LogP contribution is -2.32. The fraction of sp³-hybridized carbons (Fsp3) is 0.333. The Labute approximate surface area is 136 Å². The maximum absolute atomic E-state index is 11.8. The molecule has 2 amide bonds. The van der Waals surface area contributed by atoms with E-state index in [1.54, 1.807) is 24.5 Å². The fourth-order valence-electron chi connectivity index (χ4n) is 2.12. The Morgan fingerprint density at radius 1 is 1.22 bits per heavy atom. The van der Waals surface area contributed by atoms with E-state index < -0.39 is 6.10 Å². The smallest absolute Gasteiger partial charge is 0.319 e. The average molecular weight is 313 g/mol. The van der Waals surface area contributed by atoms with Gasteiger partial charge in [-0.2, -0.15) is 0 Å². The number of anilines is 1. The Morgan fingerprint density at radius 2 is 1.91 bits per heavy atom. The van der Waals surface area contributed by atoms with Crippen molar-refractivity contribution in [2.24, 2.45) is 0 Å². The second-order valence-corrected chi connectivity index (χ2v) is 6.46. The number of amides is 2. The summed E-state index contributed by atoms with van der Waals surface area (Å²) < 4.78 is 0. The van der Waals surface area contributed by atoms with Gasteiger partial charge in [0.05, 0.1) is 18.0 Å². The van der Waals surface area contributed by atoms with Gasteiger partial charge in [-0.25, -0.2) is 4.79 Å². The van der Waals surface area contributed by atoms with Crippen LogP contribution in [0.4, 0.5) is 10.5 Å². The van der Waals surface area contributed by atoms with Gasteiger partial charge in [0.25, 0.3) is 0 Å². The molecule has 5 heteroatoms. The molecule has 122 valence electrons. The van der Waals surface area contributed by atoms with Crippen molar-refractivity contribution >= 4 is 11.7 Å². The third kappa shape index (κ3) is 5.07. The van der Waals surface area contributed by atoms with Crippen LogP contribution < -0.4 is 10.6 Å². The number of rotatable bonds is 4. The molecule has 3 N–H and O–H groups in total. The van der Waals surface area contributed by atoms with Crippen molar-refractivity contribution in [1.29, 1.82) is 0 Å². The lowest BCUT2D eigenvalue weighted by atomic mass is 9.86. The van der Waals surface area contributed by atoms with Crippen molar-refractivity contribution in [2.75, 3.05) is 11.9 Å². The topological polar surface area (TPSA) is 74.2 Å². The molecule has 0 radical (unpaired) electrons. The number of hydrogen-bond donors (Lipinski definition) is 3. The summed E-state index contributed by atoms with van der Waals surface area (Å²) in [5.74, 6) is 0. The van der Waals surface area contributed by atoms with Crippen molar-refractivity contribution in [3.8, 4) is 0 Å². The van der Waals surface area contributed by atoms with Crippen LogP contribution in [0, 0.1) is 0 Å². The Bertz CT molecular complexity index is 634. The fourth-order valence-corrected chi connectivity index (χ4v) is 2.12. The molecule has 0 saturated carbocycles. The summed E-state index contributed by atoms with van der Waals surface area (Å²) >= 11 is 0. The molecule has 0 bridgehead atoms. The van der Waals surface area contributed by atoms with Crippen LogP contribution in [0.1, 0.15) is 38.0 Å². The zero-order valence-corrected chi connectivity index (χ0v) is 13.7. The minimum Gasteiger partial charge on any atom is -0.387 e. The number of aliphatic hydroxyl groups excluding tert-OH is 1. The molecule has 0 aliphatic rings. The number of aromatic nitrogens is 1. The number of nitrogens with one attached hydrogen (secondary N) is 2. The summed E-state index contributed by atoms with van der Waals surface area (Å²) in [5.41, 5.74) is 2.66. The molecular weight excluding hydrogens is 290 g/mol. The van der Waals surface area contributed by atoms with Gasteiger partial charge in [0.15, 0.2) is 0 Å². The summed E-state index contributed by atoms with van der Waals surface area (Å²) in [6, 6.07) is 10.9. The van der Waals surface area contributed by atoms with Gasteiger partial charge in [-0.3, -0.25) is 4.98 Å². The van der Waals surface area contributed by atoms with E-state index in [0.717, 1.165) is 5.56 Å². The van der Waals surface area contributed by atoms with Gasteiger partial charge in [0.2, 0.25) is 0 Å². The first-order valence-corrected chi connectivity index (χ1v) is 7.59. The zero-order valence-electron chi connectivity index (χ0n) is 13.7. The number of pyridine rings is 1. The predicted molar refractivity (Wildman–Crippen MR) is 91.4 cm³/mol. The molecule has 0 aliphatic carbocycles. The molecule has 2 aromatic rings. The molecule has 1 atom stereocenters. The van der Waals surface area contributed by atoms with E-state index in [-0.39, 0.29) is 18.0 Å². The SMILES string of the molecule is CC(C)(C)c1ccc(C(O)CNC(=O)Nc2cccnc2)cc1. The van der Waals surface area contributed by atoms with Gasteiger partial charge in [-0.15, -0.1) is 0 Å². The first kappa shape index (κ1) is 17.0. The Kier molecular flexibility index (Phi) is 5.34. The van der Waals surface area contributed by atoms with E-state index in [1.165, 1.54) is 5.56 Å². The predicted octanol–water partition coefficient (Wildman–Crippen LogP) is 3.23. The Balaban J connectivity index is 1.87. The summed E-state index contributed by atoms with van der Waals surface area (Å²) in [6.45, 7) is 6.56. The molecule has 1 heterocycles. The van der Waals surface area contributed by atoms with E-state index in [2.05, 4.69) is 36.4 Å². The normalized spacial score (nSPS) is 12.5. The van der Waals surface area contributed by atoms with E-state index in [1.807, 2.05) is 24.3 Å². The number of benzene rings is 1. The van der Waals surface area contributed by atoms with Gasteiger partial charge >= 0.3 is 6.03 Å². The molecule has 0 fully saturated rings. The van der Waals surface area contributed by atoms with Crippen molar-refractivity contribution in [2.45, 2.75) is 32.3 Å².